The van der Waals surface area contributed by atoms with Crippen LogP contribution in [0.15, 0.2) is 0 Å². The third-order valence-electron chi connectivity index (χ3n) is 3.76. The molecule has 0 saturated carbocycles. The Balaban J connectivity index is 1.64. The van der Waals surface area contributed by atoms with Crippen LogP contribution in [-0.4, -0.2) is 37.6 Å². The molecular formula is C12H24N2. The van der Waals surface area contributed by atoms with Gasteiger partial charge in [-0.15, -0.1) is 0 Å². The summed E-state index contributed by atoms with van der Waals surface area (Å²) in [5, 5.41) is 3.45. The maximum atomic E-state index is 3.45. The SMILES string of the molecule is CC1CCCN(CCC2CCNC2)C1. The molecule has 2 saturated heterocycles. The van der Waals surface area contributed by atoms with Crippen molar-refractivity contribution in [2.24, 2.45) is 11.8 Å². The van der Waals surface area contributed by atoms with E-state index in [0.29, 0.717) is 0 Å². The molecule has 2 heteroatoms. The molecule has 0 aromatic heterocycles. The maximum absolute atomic E-state index is 3.45. The minimum absolute atomic E-state index is 0.936. The van der Waals surface area contributed by atoms with Crippen molar-refractivity contribution in [3.05, 3.63) is 0 Å². The van der Waals surface area contributed by atoms with Crippen LogP contribution in [0.4, 0.5) is 0 Å². The lowest BCUT2D eigenvalue weighted by atomic mass is 9.98. The first-order chi connectivity index (χ1) is 6.84. The number of nitrogens with zero attached hydrogens (tertiary/aromatic N) is 1. The minimum Gasteiger partial charge on any atom is -0.316 e. The van der Waals surface area contributed by atoms with Crippen molar-refractivity contribution in [1.82, 2.24) is 10.2 Å². The number of nitrogens with one attached hydrogen (secondary N) is 1. The van der Waals surface area contributed by atoms with Gasteiger partial charge in [-0.2, -0.15) is 0 Å². The van der Waals surface area contributed by atoms with E-state index in [1.165, 1.54) is 58.4 Å². The molecule has 0 spiro atoms. The molecule has 0 aromatic rings. The minimum atomic E-state index is 0.936. The lowest BCUT2D eigenvalue weighted by molar-refractivity contribution is 0.174. The first-order valence-corrected chi connectivity index (χ1v) is 6.27. The highest BCUT2D eigenvalue weighted by Crippen LogP contribution is 2.18. The zero-order chi connectivity index (χ0) is 9.80. The highest BCUT2D eigenvalue weighted by atomic mass is 15.1. The zero-order valence-corrected chi connectivity index (χ0v) is 9.47. The largest absolute Gasteiger partial charge is 0.316 e. The van der Waals surface area contributed by atoms with Gasteiger partial charge in [0, 0.05) is 6.54 Å². The van der Waals surface area contributed by atoms with E-state index < -0.39 is 0 Å². The lowest BCUT2D eigenvalue weighted by Gasteiger charge is -2.31. The summed E-state index contributed by atoms with van der Waals surface area (Å²) in [5.74, 6) is 1.90. The highest BCUT2D eigenvalue weighted by molar-refractivity contribution is 4.75. The Morgan fingerprint density at radius 1 is 1.36 bits per heavy atom. The first kappa shape index (κ1) is 10.4. The van der Waals surface area contributed by atoms with Crippen LogP contribution in [0.1, 0.15) is 32.6 Å². The van der Waals surface area contributed by atoms with Gasteiger partial charge in [0.05, 0.1) is 0 Å². The summed E-state index contributed by atoms with van der Waals surface area (Å²) in [6, 6.07) is 0. The molecule has 2 atom stereocenters. The van der Waals surface area contributed by atoms with Crippen LogP contribution in [0, 0.1) is 11.8 Å². The van der Waals surface area contributed by atoms with Crippen LogP contribution < -0.4 is 5.32 Å². The average molecular weight is 196 g/mol. The third-order valence-corrected chi connectivity index (χ3v) is 3.76. The van der Waals surface area contributed by atoms with Gasteiger partial charge in [0.1, 0.15) is 0 Å². The normalized spacial score (nSPS) is 34.9. The Hall–Kier alpha value is -0.0800. The summed E-state index contributed by atoms with van der Waals surface area (Å²) in [4.78, 5) is 2.67. The fraction of sp³-hybridized carbons (Fsp3) is 1.00. The third kappa shape index (κ3) is 2.96. The Morgan fingerprint density at radius 3 is 3.00 bits per heavy atom. The predicted molar refractivity (Wildman–Crippen MR) is 60.4 cm³/mol. The summed E-state index contributed by atoms with van der Waals surface area (Å²) < 4.78 is 0. The van der Waals surface area contributed by atoms with E-state index in [-0.39, 0.29) is 0 Å². The fourth-order valence-electron chi connectivity index (χ4n) is 2.82. The molecule has 0 aliphatic carbocycles. The van der Waals surface area contributed by atoms with Gasteiger partial charge in [0.15, 0.2) is 0 Å². The molecule has 0 amide bonds. The second-order valence-electron chi connectivity index (χ2n) is 5.20. The van der Waals surface area contributed by atoms with Crippen molar-refractivity contribution >= 4 is 0 Å². The molecule has 2 heterocycles. The number of hydrogen-bond acceptors (Lipinski definition) is 2. The van der Waals surface area contributed by atoms with Gasteiger partial charge in [-0.05, 0) is 63.7 Å². The summed E-state index contributed by atoms with van der Waals surface area (Å²) in [6.07, 6.45) is 5.69. The van der Waals surface area contributed by atoms with Crippen LogP contribution in [0.3, 0.4) is 0 Å². The molecule has 1 N–H and O–H groups in total. The molecule has 82 valence electrons. The van der Waals surface area contributed by atoms with Crippen molar-refractivity contribution in [2.45, 2.75) is 32.6 Å². The number of rotatable bonds is 3. The van der Waals surface area contributed by atoms with E-state index in [0.717, 1.165) is 11.8 Å². The number of hydrogen-bond donors (Lipinski definition) is 1. The van der Waals surface area contributed by atoms with Crippen molar-refractivity contribution in [3.63, 3.8) is 0 Å². The van der Waals surface area contributed by atoms with E-state index in [4.69, 9.17) is 0 Å². The molecule has 0 radical (unpaired) electrons. The van der Waals surface area contributed by atoms with E-state index in [1.54, 1.807) is 0 Å². The van der Waals surface area contributed by atoms with E-state index in [2.05, 4.69) is 17.1 Å². The number of likely N-dealkylation sites (tertiary alicyclic amines) is 1. The smallest absolute Gasteiger partial charge is 0.000703 e. The second-order valence-corrected chi connectivity index (χ2v) is 5.20. The topological polar surface area (TPSA) is 15.3 Å². The van der Waals surface area contributed by atoms with Crippen molar-refractivity contribution in [1.29, 1.82) is 0 Å². The molecule has 2 rings (SSSR count). The first-order valence-electron chi connectivity index (χ1n) is 6.27. The Labute approximate surface area is 88.1 Å². The Morgan fingerprint density at radius 2 is 2.29 bits per heavy atom. The van der Waals surface area contributed by atoms with E-state index in [9.17, 15) is 0 Å². The molecule has 2 aliphatic heterocycles. The van der Waals surface area contributed by atoms with Gasteiger partial charge in [0.25, 0.3) is 0 Å². The average Bonchev–Trinajstić information content (AvgIpc) is 2.67. The van der Waals surface area contributed by atoms with E-state index >= 15 is 0 Å². The molecule has 0 aromatic carbocycles. The highest BCUT2D eigenvalue weighted by Gasteiger charge is 2.19. The predicted octanol–water partition coefficient (Wildman–Crippen LogP) is 1.72. The zero-order valence-electron chi connectivity index (χ0n) is 9.47. The van der Waals surface area contributed by atoms with Gasteiger partial charge < -0.3 is 10.2 Å². The molecule has 2 aliphatic rings. The number of piperidine rings is 1. The molecular weight excluding hydrogens is 172 g/mol. The van der Waals surface area contributed by atoms with Crippen molar-refractivity contribution in [2.75, 3.05) is 32.7 Å². The Bertz CT molecular complexity index is 164. The lowest BCUT2D eigenvalue weighted by Crippen LogP contribution is -2.35. The molecule has 0 bridgehead atoms. The van der Waals surface area contributed by atoms with Crippen LogP contribution in [0.25, 0.3) is 0 Å². The fourth-order valence-corrected chi connectivity index (χ4v) is 2.82. The molecule has 2 fully saturated rings. The van der Waals surface area contributed by atoms with Gasteiger partial charge in [-0.1, -0.05) is 6.92 Å². The second kappa shape index (κ2) is 5.13. The molecule has 14 heavy (non-hydrogen) atoms. The summed E-state index contributed by atoms with van der Waals surface area (Å²) in [5.41, 5.74) is 0. The summed E-state index contributed by atoms with van der Waals surface area (Å²) >= 11 is 0. The monoisotopic (exact) mass is 196 g/mol. The standard InChI is InChI=1S/C12H24N2/c1-11-3-2-7-14(10-11)8-5-12-4-6-13-9-12/h11-13H,2-10H2,1H3. The quantitative estimate of drug-likeness (QED) is 0.739. The van der Waals surface area contributed by atoms with Gasteiger partial charge in [-0.3, -0.25) is 0 Å². The van der Waals surface area contributed by atoms with Crippen LogP contribution in [-0.2, 0) is 0 Å². The van der Waals surface area contributed by atoms with Crippen LogP contribution in [0.5, 0.6) is 0 Å². The summed E-state index contributed by atoms with van der Waals surface area (Å²) in [6.45, 7) is 8.95. The Kier molecular flexibility index (Phi) is 3.82. The van der Waals surface area contributed by atoms with Gasteiger partial charge >= 0.3 is 0 Å². The van der Waals surface area contributed by atoms with Crippen LogP contribution >= 0.6 is 0 Å². The van der Waals surface area contributed by atoms with Crippen molar-refractivity contribution in [3.8, 4) is 0 Å². The maximum Gasteiger partial charge on any atom is 0.000703 e. The van der Waals surface area contributed by atoms with E-state index in [1.807, 2.05) is 0 Å². The summed E-state index contributed by atoms with van der Waals surface area (Å²) in [7, 11) is 0. The van der Waals surface area contributed by atoms with Gasteiger partial charge in [0.2, 0.25) is 0 Å². The van der Waals surface area contributed by atoms with Crippen molar-refractivity contribution < 1.29 is 0 Å². The molecule has 2 nitrogen and oxygen atoms in total. The molecule has 2 unspecified atom stereocenters. The van der Waals surface area contributed by atoms with Crippen LogP contribution in [0.2, 0.25) is 0 Å². The van der Waals surface area contributed by atoms with Gasteiger partial charge in [-0.25, -0.2) is 0 Å².